The maximum atomic E-state index is 5.59. The molecule has 66 valence electrons. The first-order valence-corrected chi connectivity index (χ1v) is 4.93. The van der Waals surface area contributed by atoms with Gasteiger partial charge in [0, 0.05) is 16.2 Å². The van der Waals surface area contributed by atoms with Crippen LogP contribution >= 0.6 is 11.3 Å². The Bertz CT molecular complexity index is 253. The Balaban J connectivity index is 2.21. The summed E-state index contributed by atoms with van der Waals surface area (Å²) in [6, 6.07) is 0. The lowest BCUT2D eigenvalue weighted by Crippen LogP contribution is -2.26. The van der Waals surface area contributed by atoms with Crippen molar-refractivity contribution in [2.75, 3.05) is 13.2 Å². The van der Waals surface area contributed by atoms with Gasteiger partial charge in [0.2, 0.25) is 0 Å². The van der Waals surface area contributed by atoms with Gasteiger partial charge >= 0.3 is 0 Å². The van der Waals surface area contributed by atoms with Crippen LogP contribution in [0.2, 0.25) is 0 Å². The SMILES string of the molecule is CC1(C)COc2cscc2OC1. The predicted molar refractivity (Wildman–Crippen MR) is 49.1 cm³/mol. The molecule has 0 atom stereocenters. The van der Waals surface area contributed by atoms with Crippen LogP contribution in [0.25, 0.3) is 0 Å². The molecule has 0 bridgehead atoms. The molecule has 0 saturated heterocycles. The summed E-state index contributed by atoms with van der Waals surface area (Å²) in [5, 5.41) is 3.97. The number of hydrogen-bond acceptors (Lipinski definition) is 3. The molecule has 0 saturated carbocycles. The molecule has 0 spiro atoms. The lowest BCUT2D eigenvalue weighted by atomic mass is 9.97. The summed E-state index contributed by atoms with van der Waals surface area (Å²) in [7, 11) is 0. The van der Waals surface area contributed by atoms with Crippen LogP contribution in [0.15, 0.2) is 10.8 Å². The summed E-state index contributed by atoms with van der Waals surface area (Å²) in [4.78, 5) is 0. The van der Waals surface area contributed by atoms with Crippen molar-refractivity contribution in [3.05, 3.63) is 10.8 Å². The van der Waals surface area contributed by atoms with Crippen LogP contribution in [0, 0.1) is 5.41 Å². The van der Waals surface area contributed by atoms with E-state index in [0.717, 1.165) is 24.7 Å². The van der Waals surface area contributed by atoms with E-state index in [2.05, 4.69) is 13.8 Å². The second kappa shape index (κ2) is 2.66. The van der Waals surface area contributed by atoms with Crippen molar-refractivity contribution < 1.29 is 9.47 Å². The van der Waals surface area contributed by atoms with E-state index in [1.54, 1.807) is 11.3 Å². The first-order valence-electron chi connectivity index (χ1n) is 3.99. The molecule has 0 aromatic carbocycles. The molecule has 12 heavy (non-hydrogen) atoms. The van der Waals surface area contributed by atoms with Crippen LogP contribution in [-0.2, 0) is 0 Å². The Morgan fingerprint density at radius 3 is 2.17 bits per heavy atom. The number of rotatable bonds is 0. The van der Waals surface area contributed by atoms with Crippen molar-refractivity contribution in [2.24, 2.45) is 5.41 Å². The molecule has 0 unspecified atom stereocenters. The van der Waals surface area contributed by atoms with Crippen LogP contribution in [0.4, 0.5) is 0 Å². The Kier molecular flexibility index (Phi) is 1.76. The van der Waals surface area contributed by atoms with Crippen LogP contribution in [0.1, 0.15) is 13.8 Å². The average Bonchev–Trinajstić information content (AvgIpc) is 2.40. The average molecular weight is 184 g/mol. The van der Waals surface area contributed by atoms with Crippen molar-refractivity contribution in [3.63, 3.8) is 0 Å². The highest BCUT2D eigenvalue weighted by Crippen LogP contribution is 2.36. The molecule has 1 aromatic heterocycles. The van der Waals surface area contributed by atoms with Crippen molar-refractivity contribution in [1.29, 1.82) is 0 Å². The van der Waals surface area contributed by atoms with Gasteiger partial charge < -0.3 is 9.47 Å². The Hall–Kier alpha value is -0.700. The van der Waals surface area contributed by atoms with Gasteiger partial charge in [-0.05, 0) is 0 Å². The number of ether oxygens (including phenoxy) is 2. The maximum Gasteiger partial charge on any atom is 0.171 e. The van der Waals surface area contributed by atoms with Gasteiger partial charge in [0.25, 0.3) is 0 Å². The molecule has 0 aliphatic carbocycles. The van der Waals surface area contributed by atoms with E-state index >= 15 is 0 Å². The van der Waals surface area contributed by atoms with E-state index in [4.69, 9.17) is 9.47 Å². The highest BCUT2D eigenvalue weighted by atomic mass is 32.1. The largest absolute Gasteiger partial charge is 0.488 e. The standard InChI is InChI=1S/C9H12O2S/c1-9(2)5-10-7-3-12-4-8(7)11-6-9/h3-4H,5-6H2,1-2H3. The summed E-state index contributed by atoms with van der Waals surface area (Å²) in [6.45, 7) is 5.75. The molecular weight excluding hydrogens is 172 g/mol. The normalized spacial score (nSPS) is 20.2. The second-order valence-corrected chi connectivity index (χ2v) is 4.59. The second-order valence-electron chi connectivity index (χ2n) is 3.84. The molecule has 1 aliphatic rings. The number of fused-ring (bicyclic) bond motifs is 1. The topological polar surface area (TPSA) is 18.5 Å². The molecule has 3 heteroatoms. The Morgan fingerprint density at radius 2 is 1.67 bits per heavy atom. The minimum atomic E-state index is 0.122. The third kappa shape index (κ3) is 1.41. The fraction of sp³-hybridized carbons (Fsp3) is 0.556. The lowest BCUT2D eigenvalue weighted by Gasteiger charge is -2.19. The molecule has 0 N–H and O–H groups in total. The Labute approximate surface area is 76.1 Å². The monoisotopic (exact) mass is 184 g/mol. The highest BCUT2D eigenvalue weighted by molar-refractivity contribution is 7.08. The quantitative estimate of drug-likeness (QED) is 0.617. The van der Waals surface area contributed by atoms with Crippen LogP contribution in [0.3, 0.4) is 0 Å². The van der Waals surface area contributed by atoms with E-state index < -0.39 is 0 Å². The van der Waals surface area contributed by atoms with E-state index in [1.807, 2.05) is 10.8 Å². The van der Waals surface area contributed by atoms with Crippen molar-refractivity contribution in [1.82, 2.24) is 0 Å². The first kappa shape index (κ1) is 7.92. The third-order valence-corrected chi connectivity index (χ3v) is 2.53. The predicted octanol–water partition coefficient (Wildman–Crippen LogP) is 2.55. The van der Waals surface area contributed by atoms with Crippen LogP contribution < -0.4 is 9.47 Å². The molecule has 2 rings (SSSR count). The van der Waals surface area contributed by atoms with Gasteiger partial charge in [0.05, 0.1) is 13.2 Å². The molecular formula is C9H12O2S. The molecule has 0 radical (unpaired) electrons. The molecule has 2 heterocycles. The molecule has 0 fully saturated rings. The Morgan fingerprint density at radius 1 is 1.17 bits per heavy atom. The van der Waals surface area contributed by atoms with Gasteiger partial charge in [-0.3, -0.25) is 0 Å². The maximum absolute atomic E-state index is 5.59. The summed E-state index contributed by atoms with van der Waals surface area (Å²) >= 11 is 1.61. The third-order valence-electron chi connectivity index (χ3n) is 1.83. The zero-order valence-corrected chi connectivity index (χ0v) is 8.11. The van der Waals surface area contributed by atoms with Gasteiger partial charge in [-0.25, -0.2) is 0 Å². The van der Waals surface area contributed by atoms with E-state index in [-0.39, 0.29) is 5.41 Å². The van der Waals surface area contributed by atoms with Crippen molar-refractivity contribution >= 4 is 11.3 Å². The molecule has 1 aromatic rings. The fourth-order valence-electron chi connectivity index (χ4n) is 1.07. The summed E-state index contributed by atoms with van der Waals surface area (Å²) in [5.41, 5.74) is 0.122. The van der Waals surface area contributed by atoms with Gasteiger partial charge in [-0.15, -0.1) is 11.3 Å². The van der Waals surface area contributed by atoms with Crippen LogP contribution in [-0.4, -0.2) is 13.2 Å². The zero-order valence-electron chi connectivity index (χ0n) is 7.29. The van der Waals surface area contributed by atoms with Crippen molar-refractivity contribution in [2.45, 2.75) is 13.8 Å². The van der Waals surface area contributed by atoms with Gasteiger partial charge in [-0.2, -0.15) is 0 Å². The fourth-order valence-corrected chi connectivity index (χ4v) is 1.76. The highest BCUT2D eigenvalue weighted by Gasteiger charge is 2.25. The van der Waals surface area contributed by atoms with E-state index in [0.29, 0.717) is 0 Å². The zero-order chi connectivity index (χ0) is 8.60. The van der Waals surface area contributed by atoms with Crippen molar-refractivity contribution in [3.8, 4) is 11.5 Å². The minimum Gasteiger partial charge on any atom is -0.488 e. The van der Waals surface area contributed by atoms with Gasteiger partial charge in [0.1, 0.15) is 0 Å². The summed E-state index contributed by atoms with van der Waals surface area (Å²) in [5.74, 6) is 1.79. The summed E-state index contributed by atoms with van der Waals surface area (Å²) < 4.78 is 11.2. The summed E-state index contributed by atoms with van der Waals surface area (Å²) in [6.07, 6.45) is 0. The molecule has 2 nitrogen and oxygen atoms in total. The van der Waals surface area contributed by atoms with Gasteiger partial charge in [0.15, 0.2) is 11.5 Å². The van der Waals surface area contributed by atoms with Crippen LogP contribution in [0.5, 0.6) is 11.5 Å². The van der Waals surface area contributed by atoms with E-state index in [9.17, 15) is 0 Å². The molecule has 1 aliphatic heterocycles. The molecule has 0 amide bonds. The number of thiophene rings is 1. The lowest BCUT2D eigenvalue weighted by molar-refractivity contribution is 0.140. The smallest absolute Gasteiger partial charge is 0.171 e. The first-order chi connectivity index (χ1) is 5.67. The van der Waals surface area contributed by atoms with Gasteiger partial charge in [-0.1, -0.05) is 13.8 Å². The minimum absolute atomic E-state index is 0.122. The van der Waals surface area contributed by atoms with E-state index in [1.165, 1.54) is 0 Å². The number of hydrogen-bond donors (Lipinski definition) is 0.